The number of aromatic nitrogens is 1. The van der Waals surface area contributed by atoms with Crippen molar-refractivity contribution in [2.24, 2.45) is 0 Å². The van der Waals surface area contributed by atoms with Gasteiger partial charge in [0.1, 0.15) is 11.9 Å². The van der Waals surface area contributed by atoms with Gasteiger partial charge in [-0.25, -0.2) is 4.79 Å². The number of carboxylic acid groups (broad SMARTS) is 1. The molecule has 2 fully saturated rings. The summed E-state index contributed by atoms with van der Waals surface area (Å²) in [7, 11) is 0. The fourth-order valence-electron chi connectivity index (χ4n) is 2.97. The summed E-state index contributed by atoms with van der Waals surface area (Å²) in [5, 5.41) is 9.00. The van der Waals surface area contributed by atoms with Crippen LogP contribution in [0.4, 0.5) is 0 Å². The van der Waals surface area contributed by atoms with Gasteiger partial charge in [0.15, 0.2) is 0 Å². The summed E-state index contributed by atoms with van der Waals surface area (Å²) in [5.74, 6) is 1.83. The van der Waals surface area contributed by atoms with Crippen molar-refractivity contribution in [1.82, 2.24) is 4.98 Å². The lowest BCUT2D eigenvalue weighted by atomic mass is 9.86. The maximum Gasteiger partial charge on any atom is 0.337 e. The molecule has 0 saturated carbocycles. The van der Waals surface area contributed by atoms with E-state index in [1.807, 2.05) is 11.8 Å². The van der Waals surface area contributed by atoms with Gasteiger partial charge in [-0.1, -0.05) is 0 Å². The van der Waals surface area contributed by atoms with Crippen LogP contribution in [0.5, 0.6) is 5.75 Å². The van der Waals surface area contributed by atoms with E-state index < -0.39 is 5.97 Å². The average molecular weight is 309 g/mol. The van der Waals surface area contributed by atoms with Crippen LogP contribution in [0.2, 0.25) is 0 Å². The molecule has 3 rings (SSSR count). The van der Waals surface area contributed by atoms with Crippen LogP contribution in [0, 0.1) is 0 Å². The number of nitrogens with zero attached hydrogens (tertiary/aromatic N) is 1. The third-order valence-corrected chi connectivity index (χ3v) is 5.10. The van der Waals surface area contributed by atoms with E-state index >= 15 is 0 Å². The van der Waals surface area contributed by atoms with Crippen LogP contribution in [0.1, 0.15) is 36.0 Å². The normalized spacial score (nSPS) is 24.7. The number of thioether (sulfide) groups is 1. The Kier molecular flexibility index (Phi) is 4.35. The van der Waals surface area contributed by atoms with Gasteiger partial charge in [-0.15, -0.1) is 0 Å². The first-order valence-corrected chi connectivity index (χ1v) is 8.39. The number of hydrogen-bond acceptors (Lipinski definition) is 5. The van der Waals surface area contributed by atoms with E-state index in [4.69, 9.17) is 14.6 Å². The van der Waals surface area contributed by atoms with E-state index in [1.54, 1.807) is 6.20 Å². The molecular formula is C15H19NO4S. The molecule has 2 saturated heterocycles. The zero-order valence-corrected chi connectivity index (χ0v) is 12.6. The Labute approximate surface area is 128 Å². The molecule has 1 aromatic heterocycles. The molecule has 0 aromatic carbocycles. The fourth-order valence-corrected chi connectivity index (χ4v) is 4.20. The van der Waals surface area contributed by atoms with Crippen LogP contribution in [0.15, 0.2) is 18.5 Å². The van der Waals surface area contributed by atoms with Gasteiger partial charge in [-0.05, 0) is 30.4 Å². The Morgan fingerprint density at radius 2 is 2.24 bits per heavy atom. The minimum Gasteiger partial charge on any atom is -0.489 e. The van der Waals surface area contributed by atoms with E-state index in [2.05, 4.69) is 4.98 Å². The van der Waals surface area contributed by atoms with Crippen molar-refractivity contribution < 1.29 is 19.4 Å². The summed E-state index contributed by atoms with van der Waals surface area (Å²) in [6.07, 6.45) is 6.85. The lowest BCUT2D eigenvalue weighted by Gasteiger charge is -2.43. The first-order valence-electron chi connectivity index (χ1n) is 7.24. The number of aromatic carboxylic acids is 1. The number of hydrogen-bond donors (Lipinski definition) is 1. The molecule has 0 bridgehead atoms. The van der Waals surface area contributed by atoms with Gasteiger partial charge in [-0.3, -0.25) is 4.98 Å². The molecule has 2 aliphatic heterocycles. The van der Waals surface area contributed by atoms with E-state index in [-0.39, 0.29) is 17.3 Å². The zero-order chi connectivity index (χ0) is 14.7. The summed E-state index contributed by atoms with van der Waals surface area (Å²) >= 11 is 1.98. The zero-order valence-electron chi connectivity index (χ0n) is 11.8. The number of carboxylic acids is 1. The van der Waals surface area contributed by atoms with Crippen LogP contribution < -0.4 is 4.74 Å². The quantitative estimate of drug-likeness (QED) is 0.925. The van der Waals surface area contributed by atoms with Crippen molar-refractivity contribution in [3.05, 3.63) is 24.0 Å². The second-order valence-corrected chi connectivity index (χ2v) is 6.82. The topological polar surface area (TPSA) is 68.7 Å². The van der Waals surface area contributed by atoms with Crippen molar-refractivity contribution in [3.8, 4) is 5.75 Å². The number of ether oxygens (including phenoxy) is 2. The molecule has 0 aliphatic carbocycles. The highest BCUT2D eigenvalue weighted by atomic mass is 32.2. The molecule has 6 heteroatoms. The summed E-state index contributed by atoms with van der Waals surface area (Å²) in [6, 6.07) is 1.54. The lowest BCUT2D eigenvalue weighted by Crippen LogP contribution is -2.46. The molecular weight excluding hydrogens is 290 g/mol. The van der Waals surface area contributed by atoms with E-state index in [0.717, 1.165) is 37.2 Å². The van der Waals surface area contributed by atoms with Gasteiger partial charge in [0.2, 0.25) is 0 Å². The molecule has 1 aromatic rings. The number of pyridine rings is 1. The molecule has 0 radical (unpaired) electrons. The Bertz CT molecular complexity index is 511. The smallest absolute Gasteiger partial charge is 0.337 e. The minimum atomic E-state index is -0.985. The third kappa shape index (κ3) is 3.49. The summed E-state index contributed by atoms with van der Waals surface area (Å²) in [6.45, 7) is 0.710. The highest BCUT2D eigenvalue weighted by molar-refractivity contribution is 7.99. The molecule has 1 N–H and O–H groups in total. The monoisotopic (exact) mass is 309 g/mol. The average Bonchev–Trinajstić information content (AvgIpc) is 2.48. The maximum atomic E-state index is 11.0. The predicted octanol–water partition coefficient (Wildman–Crippen LogP) is 2.60. The Hall–Kier alpha value is -1.27. The van der Waals surface area contributed by atoms with Crippen molar-refractivity contribution in [3.63, 3.8) is 0 Å². The Morgan fingerprint density at radius 3 is 3.00 bits per heavy atom. The van der Waals surface area contributed by atoms with Crippen molar-refractivity contribution in [2.75, 3.05) is 18.1 Å². The van der Waals surface area contributed by atoms with E-state index in [0.29, 0.717) is 12.4 Å². The highest BCUT2D eigenvalue weighted by Gasteiger charge is 2.39. The van der Waals surface area contributed by atoms with Crippen LogP contribution in [0.3, 0.4) is 0 Å². The molecule has 5 nitrogen and oxygen atoms in total. The van der Waals surface area contributed by atoms with Crippen LogP contribution in [-0.4, -0.2) is 45.9 Å². The second-order valence-electron chi connectivity index (χ2n) is 5.59. The predicted molar refractivity (Wildman–Crippen MR) is 80.1 cm³/mol. The van der Waals surface area contributed by atoms with Gasteiger partial charge < -0.3 is 14.6 Å². The van der Waals surface area contributed by atoms with E-state index in [1.165, 1.54) is 12.3 Å². The first-order chi connectivity index (χ1) is 10.2. The molecule has 21 heavy (non-hydrogen) atoms. The Morgan fingerprint density at radius 1 is 1.43 bits per heavy atom. The van der Waals surface area contributed by atoms with Gasteiger partial charge in [0.25, 0.3) is 0 Å². The first kappa shape index (κ1) is 14.7. The van der Waals surface area contributed by atoms with E-state index in [9.17, 15) is 4.79 Å². The maximum absolute atomic E-state index is 11.0. The highest BCUT2D eigenvalue weighted by Crippen LogP contribution is 2.38. The lowest BCUT2D eigenvalue weighted by molar-refractivity contribution is -0.116. The van der Waals surface area contributed by atoms with Crippen molar-refractivity contribution in [1.29, 1.82) is 0 Å². The van der Waals surface area contributed by atoms with Crippen LogP contribution in [0.25, 0.3) is 0 Å². The molecule has 1 unspecified atom stereocenters. The molecule has 0 amide bonds. The molecule has 3 heterocycles. The Balaban J connectivity index is 1.67. The fraction of sp³-hybridized carbons (Fsp3) is 0.600. The molecule has 1 spiro atoms. The largest absolute Gasteiger partial charge is 0.489 e. The standard InChI is InChI=1S/C15H19NO4S/c17-14(18)11-7-13(10-16-9-11)20-12-1-4-19-15(8-12)2-5-21-6-3-15/h7,9-10,12H,1-6,8H2,(H,17,18). The van der Waals surface area contributed by atoms with Crippen LogP contribution >= 0.6 is 11.8 Å². The molecule has 2 aliphatic rings. The summed E-state index contributed by atoms with van der Waals surface area (Å²) in [5.41, 5.74) is 0.120. The number of carbonyl (C=O) groups is 1. The van der Waals surface area contributed by atoms with Gasteiger partial charge in [0, 0.05) is 19.0 Å². The molecule has 114 valence electrons. The van der Waals surface area contributed by atoms with Gasteiger partial charge >= 0.3 is 5.97 Å². The van der Waals surface area contributed by atoms with Crippen molar-refractivity contribution >= 4 is 17.7 Å². The minimum absolute atomic E-state index is 0.0357. The second kappa shape index (κ2) is 6.23. The van der Waals surface area contributed by atoms with Gasteiger partial charge in [0.05, 0.1) is 24.0 Å². The summed E-state index contributed by atoms with van der Waals surface area (Å²) < 4.78 is 12.0. The summed E-state index contributed by atoms with van der Waals surface area (Å²) in [4.78, 5) is 14.9. The molecule has 1 atom stereocenters. The number of rotatable bonds is 3. The third-order valence-electron chi connectivity index (χ3n) is 4.11. The SMILES string of the molecule is O=C(O)c1cncc(OC2CCOC3(CCSCC3)C2)c1. The van der Waals surface area contributed by atoms with Crippen LogP contribution in [-0.2, 0) is 4.74 Å². The van der Waals surface area contributed by atoms with Gasteiger partial charge in [-0.2, -0.15) is 11.8 Å². The van der Waals surface area contributed by atoms with Crippen molar-refractivity contribution in [2.45, 2.75) is 37.4 Å².